The normalized spacial score (nSPS) is 11.2. The summed E-state index contributed by atoms with van der Waals surface area (Å²) in [7, 11) is -3.61. The highest BCUT2D eigenvalue weighted by Gasteiger charge is 2.16. The number of rotatable bonds is 6. The predicted octanol–water partition coefficient (Wildman–Crippen LogP) is 3.35. The van der Waals surface area contributed by atoms with Gasteiger partial charge in [0.15, 0.2) is 9.84 Å². The Balaban J connectivity index is 1.96. The number of sulfone groups is 1. The highest BCUT2D eigenvalue weighted by molar-refractivity contribution is 7.98. The Morgan fingerprint density at radius 1 is 1.17 bits per heavy atom. The number of benzene rings is 2. The zero-order valence-electron chi connectivity index (χ0n) is 12.5. The third-order valence-electron chi connectivity index (χ3n) is 3.12. The number of carbonyl (C=O) groups is 1. The topological polar surface area (TPSA) is 63.2 Å². The molecule has 0 bridgehead atoms. The molecule has 23 heavy (non-hydrogen) atoms. The van der Waals surface area contributed by atoms with Gasteiger partial charge in [-0.05, 0) is 48.7 Å². The van der Waals surface area contributed by atoms with E-state index in [1.54, 1.807) is 17.8 Å². The van der Waals surface area contributed by atoms with Crippen molar-refractivity contribution in [1.29, 1.82) is 0 Å². The van der Waals surface area contributed by atoms with Gasteiger partial charge in [0.2, 0.25) is 5.91 Å². The molecule has 0 aliphatic rings. The molecule has 0 aromatic heterocycles. The molecule has 0 saturated carbocycles. The Kier molecular flexibility index (Phi) is 5.79. The van der Waals surface area contributed by atoms with E-state index >= 15 is 0 Å². The van der Waals surface area contributed by atoms with E-state index in [0.717, 1.165) is 17.0 Å². The van der Waals surface area contributed by atoms with Gasteiger partial charge in [0.05, 0.1) is 10.6 Å². The van der Waals surface area contributed by atoms with Crippen molar-refractivity contribution >= 4 is 33.2 Å². The van der Waals surface area contributed by atoms with Gasteiger partial charge in [-0.1, -0.05) is 6.07 Å². The molecule has 0 unspecified atom stereocenters. The zero-order valence-corrected chi connectivity index (χ0v) is 14.1. The Morgan fingerprint density at radius 2 is 1.87 bits per heavy atom. The fraction of sp³-hybridized carbons (Fsp3) is 0.188. The van der Waals surface area contributed by atoms with Gasteiger partial charge in [-0.3, -0.25) is 4.79 Å². The summed E-state index contributed by atoms with van der Waals surface area (Å²) in [4.78, 5) is 12.9. The Morgan fingerprint density at radius 3 is 2.52 bits per heavy atom. The summed E-state index contributed by atoms with van der Waals surface area (Å²) < 4.78 is 37.0. The average Bonchev–Trinajstić information content (AvgIpc) is 2.54. The second-order valence-electron chi connectivity index (χ2n) is 4.80. The molecule has 0 fully saturated rings. The number of anilines is 1. The van der Waals surface area contributed by atoms with Crippen LogP contribution in [0.5, 0.6) is 0 Å². The fourth-order valence-electron chi connectivity index (χ4n) is 1.91. The Bertz CT molecular complexity index is 789. The van der Waals surface area contributed by atoms with Crippen LogP contribution < -0.4 is 5.32 Å². The van der Waals surface area contributed by atoms with Crippen LogP contribution in [0.2, 0.25) is 0 Å². The van der Waals surface area contributed by atoms with Crippen molar-refractivity contribution in [2.75, 3.05) is 17.3 Å². The molecular weight excluding hydrogens is 337 g/mol. The number of carbonyl (C=O) groups excluding carboxylic acids is 1. The lowest BCUT2D eigenvalue weighted by Crippen LogP contribution is -2.17. The number of amides is 1. The highest BCUT2D eigenvalue weighted by atomic mass is 32.2. The van der Waals surface area contributed by atoms with Crippen LogP contribution in [0.4, 0.5) is 10.1 Å². The maximum Gasteiger partial charge on any atom is 0.225 e. The van der Waals surface area contributed by atoms with Gasteiger partial charge in [0, 0.05) is 17.0 Å². The largest absolute Gasteiger partial charge is 0.326 e. The second kappa shape index (κ2) is 7.61. The van der Waals surface area contributed by atoms with Crippen molar-refractivity contribution in [3.05, 3.63) is 54.3 Å². The lowest BCUT2D eigenvalue weighted by atomic mass is 10.3. The average molecular weight is 353 g/mol. The van der Waals surface area contributed by atoms with E-state index in [0.29, 0.717) is 5.69 Å². The number of hydrogen-bond donors (Lipinski definition) is 1. The maximum atomic E-state index is 12.8. The summed E-state index contributed by atoms with van der Waals surface area (Å²) in [5.74, 6) is -1.21. The van der Waals surface area contributed by atoms with E-state index < -0.39 is 15.7 Å². The lowest BCUT2D eigenvalue weighted by Gasteiger charge is -2.07. The van der Waals surface area contributed by atoms with Crippen LogP contribution in [0.1, 0.15) is 6.42 Å². The monoisotopic (exact) mass is 353 g/mol. The van der Waals surface area contributed by atoms with Crippen molar-refractivity contribution in [1.82, 2.24) is 0 Å². The Hall–Kier alpha value is -1.86. The van der Waals surface area contributed by atoms with Gasteiger partial charge < -0.3 is 5.32 Å². The third-order valence-corrected chi connectivity index (χ3v) is 5.58. The van der Waals surface area contributed by atoms with E-state index in [-0.39, 0.29) is 23.0 Å². The molecule has 7 heteroatoms. The number of halogens is 1. The number of thioether (sulfide) groups is 1. The molecule has 4 nitrogen and oxygen atoms in total. The van der Waals surface area contributed by atoms with Crippen LogP contribution in [0, 0.1) is 5.82 Å². The van der Waals surface area contributed by atoms with Crippen molar-refractivity contribution < 1.29 is 17.6 Å². The fourth-order valence-corrected chi connectivity index (χ4v) is 3.61. The highest BCUT2D eigenvalue weighted by Crippen LogP contribution is 2.19. The Labute approximate surface area is 139 Å². The molecule has 2 rings (SSSR count). The molecular formula is C16H16FNO3S2. The van der Waals surface area contributed by atoms with Gasteiger partial charge in [0.1, 0.15) is 5.82 Å². The quantitative estimate of drug-likeness (QED) is 0.639. The van der Waals surface area contributed by atoms with E-state index in [2.05, 4.69) is 5.32 Å². The summed E-state index contributed by atoms with van der Waals surface area (Å²) in [6.45, 7) is 0. The molecule has 0 saturated heterocycles. The first-order valence-corrected chi connectivity index (χ1v) is 9.70. The minimum absolute atomic E-state index is 0.0103. The molecule has 0 heterocycles. The van der Waals surface area contributed by atoms with Crippen LogP contribution in [0.25, 0.3) is 0 Å². The van der Waals surface area contributed by atoms with Crippen LogP contribution in [-0.2, 0) is 14.6 Å². The second-order valence-corrected chi connectivity index (χ2v) is 7.79. The maximum absolute atomic E-state index is 12.8. The van der Waals surface area contributed by atoms with Gasteiger partial charge in [-0.15, -0.1) is 11.8 Å². The van der Waals surface area contributed by atoms with E-state index in [1.807, 2.05) is 24.5 Å². The molecule has 0 aliphatic carbocycles. The molecule has 2 aromatic carbocycles. The number of hydrogen-bond acceptors (Lipinski definition) is 4. The molecule has 1 amide bonds. The van der Waals surface area contributed by atoms with Gasteiger partial charge in [0.25, 0.3) is 0 Å². The van der Waals surface area contributed by atoms with E-state index in [9.17, 15) is 17.6 Å². The zero-order chi connectivity index (χ0) is 16.9. The van der Waals surface area contributed by atoms with Crippen molar-refractivity contribution in [3.63, 3.8) is 0 Å². The SMILES string of the molecule is CSc1cccc(NC(=O)CCS(=O)(=O)c2ccc(F)cc2)c1. The summed E-state index contributed by atoms with van der Waals surface area (Å²) in [5, 5.41) is 2.67. The molecule has 0 atom stereocenters. The summed E-state index contributed by atoms with van der Waals surface area (Å²) in [6.07, 6.45) is 1.76. The number of nitrogens with one attached hydrogen (secondary N) is 1. The smallest absolute Gasteiger partial charge is 0.225 e. The van der Waals surface area contributed by atoms with Gasteiger partial charge in [-0.2, -0.15) is 0 Å². The minimum Gasteiger partial charge on any atom is -0.326 e. The van der Waals surface area contributed by atoms with Gasteiger partial charge >= 0.3 is 0 Å². The van der Waals surface area contributed by atoms with Crippen LogP contribution >= 0.6 is 11.8 Å². The molecule has 0 aliphatic heterocycles. The van der Waals surface area contributed by atoms with E-state index in [1.165, 1.54) is 12.1 Å². The van der Waals surface area contributed by atoms with Crippen molar-refractivity contribution in [3.8, 4) is 0 Å². The lowest BCUT2D eigenvalue weighted by molar-refractivity contribution is -0.115. The van der Waals surface area contributed by atoms with Crippen molar-refractivity contribution in [2.45, 2.75) is 16.2 Å². The summed E-state index contributed by atoms with van der Waals surface area (Å²) >= 11 is 1.55. The summed E-state index contributed by atoms with van der Waals surface area (Å²) in [5.41, 5.74) is 0.626. The first kappa shape index (κ1) is 17.5. The van der Waals surface area contributed by atoms with Crippen LogP contribution in [0.3, 0.4) is 0 Å². The van der Waals surface area contributed by atoms with Crippen molar-refractivity contribution in [2.24, 2.45) is 0 Å². The summed E-state index contributed by atoms with van der Waals surface area (Å²) in [6, 6.07) is 11.9. The first-order valence-electron chi connectivity index (χ1n) is 6.83. The minimum atomic E-state index is -3.61. The molecule has 1 N–H and O–H groups in total. The van der Waals surface area contributed by atoms with E-state index in [4.69, 9.17) is 0 Å². The third kappa shape index (κ3) is 5.07. The molecule has 122 valence electrons. The van der Waals surface area contributed by atoms with Crippen LogP contribution in [0.15, 0.2) is 58.3 Å². The molecule has 0 spiro atoms. The van der Waals surface area contributed by atoms with Crippen LogP contribution in [-0.4, -0.2) is 26.3 Å². The molecule has 0 radical (unpaired) electrons. The standard InChI is InChI=1S/C16H16FNO3S2/c1-22-14-4-2-3-13(11-14)18-16(19)9-10-23(20,21)15-7-5-12(17)6-8-15/h2-8,11H,9-10H2,1H3,(H,18,19). The predicted molar refractivity (Wildman–Crippen MR) is 89.9 cm³/mol. The van der Waals surface area contributed by atoms with Gasteiger partial charge in [-0.25, -0.2) is 12.8 Å². The molecule has 2 aromatic rings. The first-order chi connectivity index (χ1) is 10.9.